The molecule has 0 atom stereocenters. The van der Waals surface area contributed by atoms with Gasteiger partial charge < -0.3 is 11.5 Å². The Hall–Kier alpha value is -1.94. The SMILES string of the molecule is CCCCCCCCC(CCCCCCCC)(CCCCCCCC#CC#CCCCCCCCCC(N)=O)C(N)=O. The topological polar surface area (TPSA) is 86.2 Å². The number of hydrogen-bond donors (Lipinski definition) is 2. The Kier molecular flexibility index (Phi) is 29.1. The van der Waals surface area contributed by atoms with E-state index in [0.29, 0.717) is 6.42 Å². The summed E-state index contributed by atoms with van der Waals surface area (Å²) >= 11 is 0. The quantitative estimate of drug-likeness (QED) is 0.0650. The van der Waals surface area contributed by atoms with Crippen LogP contribution in [0.4, 0.5) is 0 Å². The monoisotopic (exact) mass is 585 g/mol. The van der Waals surface area contributed by atoms with Gasteiger partial charge in [0, 0.05) is 24.7 Å². The lowest BCUT2D eigenvalue weighted by Gasteiger charge is -2.31. The number of nitrogens with two attached hydrogens (primary N) is 2. The van der Waals surface area contributed by atoms with E-state index < -0.39 is 0 Å². The van der Waals surface area contributed by atoms with Gasteiger partial charge in [0.25, 0.3) is 0 Å². The molecule has 0 aromatic rings. The Bertz CT molecular complexity index is 751. The number of carbonyl (C=O) groups excluding carboxylic acids is 2. The van der Waals surface area contributed by atoms with E-state index in [1.165, 1.54) is 103 Å². The van der Waals surface area contributed by atoms with Crippen molar-refractivity contribution in [2.45, 2.75) is 200 Å². The highest BCUT2D eigenvalue weighted by Crippen LogP contribution is 2.37. The maximum Gasteiger partial charge on any atom is 0.223 e. The van der Waals surface area contributed by atoms with Crippen LogP contribution in [0.3, 0.4) is 0 Å². The highest BCUT2D eigenvalue weighted by Gasteiger charge is 2.34. The highest BCUT2D eigenvalue weighted by molar-refractivity contribution is 5.80. The normalized spacial score (nSPS) is 11.0. The minimum Gasteiger partial charge on any atom is -0.370 e. The van der Waals surface area contributed by atoms with Crippen molar-refractivity contribution in [2.75, 3.05) is 0 Å². The van der Waals surface area contributed by atoms with E-state index in [-0.39, 0.29) is 17.2 Å². The molecule has 42 heavy (non-hydrogen) atoms. The molecule has 0 fully saturated rings. The van der Waals surface area contributed by atoms with Crippen LogP contribution >= 0.6 is 0 Å². The van der Waals surface area contributed by atoms with Gasteiger partial charge >= 0.3 is 0 Å². The lowest BCUT2D eigenvalue weighted by molar-refractivity contribution is -0.129. The molecule has 0 aliphatic rings. The van der Waals surface area contributed by atoms with E-state index in [2.05, 4.69) is 37.5 Å². The van der Waals surface area contributed by atoms with Crippen LogP contribution < -0.4 is 11.5 Å². The van der Waals surface area contributed by atoms with Gasteiger partial charge in [-0.3, -0.25) is 9.59 Å². The van der Waals surface area contributed by atoms with Gasteiger partial charge in [-0.05, 0) is 50.4 Å². The van der Waals surface area contributed by atoms with E-state index in [1.807, 2.05) is 0 Å². The van der Waals surface area contributed by atoms with Gasteiger partial charge in [-0.15, -0.1) is 0 Å². The number of hydrogen-bond acceptors (Lipinski definition) is 2. The third kappa shape index (κ3) is 25.7. The average molecular weight is 585 g/mol. The Labute approximate surface area is 261 Å². The maximum absolute atomic E-state index is 12.8. The van der Waals surface area contributed by atoms with Gasteiger partial charge in [-0.1, -0.05) is 154 Å². The molecule has 0 aromatic heterocycles. The Morgan fingerprint density at radius 1 is 0.476 bits per heavy atom. The number of primary amides is 2. The first kappa shape index (κ1) is 40.1. The van der Waals surface area contributed by atoms with Gasteiger partial charge in [0.1, 0.15) is 0 Å². The van der Waals surface area contributed by atoms with Crippen LogP contribution in [0.15, 0.2) is 0 Å². The van der Waals surface area contributed by atoms with Crippen molar-refractivity contribution in [3.05, 3.63) is 0 Å². The van der Waals surface area contributed by atoms with Crippen LogP contribution in [0.5, 0.6) is 0 Å². The zero-order valence-electron chi connectivity index (χ0n) is 28.0. The molecular weight excluding hydrogens is 516 g/mol. The van der Waals surface area contributed by atoms with E-state index in [0.717, 1.165) is 77.0 Å². The summed E-state index contributed by atoms with van der Waals surface area (Å²) in [5, 5.41) is 0. The molecule has 0 aromatic carbocycles. The van der Waals surface area contributed by atoms with Gasteiger partial charge in [-0.25, -0.2) is 0 Å². The van der Waals surface area contributed by atoms with Crippen molar-refractivity contribution >= 4 is 11.8 Å². The molecule has 0 bridgehead atoms. The molecule has 4 heteroatoms. The smallest absolute Gasteiger partial charge is 0.223 e. The van der Waals surface area contributed by atoms with Gasteiger partial charge in [0.05, 0.1) is 0 Å². The van der Waals surface area contributed by atoms with Crippen molar-refractivity contribution in [3.8, 4) is 23.7 Å². The zero-order valence-corrected chi connectivity index (χ0v) is 28.0. The summed E-state index contributed by atoms with van der Waals surface area (Å²) in [7, 11) is 0. The number of rotatable bonds is 30. The Morgan fingerprint density at radius 2 is 0.810 bits per heavy atom. The van der Waals surface area contributed by atoms with E-state index in [9.17, 15) is 9.59 Å². The molecule has 2 amide bonds. The fourth-order valence-electron chi connectivity index (χ4n) is 5.87. The van der Waals surface area contributed by atoms with Gasteiger partial charge in [-0.2, -0.15) is 0 Å². The molecule has 0 radical (unpaired) electrons. The van der Waals surface area contributed by atoms with Crippen LogP contribution in [0.2, 0.25) is 0 Å². The number of carbonyl (C=O) groups is 2. The second-order valence-corrected chi connectivity index (χ2v) is 12.6. The first-order valence-electron chi connectivity index (χ1n) is 18.0. The van der Waals surface area contributed by atoms with Crippen LogP contribution in [0.1, 0.15) is 200 Å². The molecule has 0 aliphatic carbocycles. The van der Waals surface area contributed by atoms with Crippen molar-refractivity contribution in [2.24, 2.45) is 16.9 Å². The lowest BCUT2D eigenvalue weighted by atomic mass is 9.73. The summed E-state index contributed by atoms with van der Waals surface area (Å²) in [6.45, 7) is 4.51. The Balaban J connectivity index is 4.18. The third-order valence-electron chi connectivity index (χ3n) is 8.71. The van der Waals surface area contributed by atoms with E-state index in [4.69, 9.17) is 11.5 Å². The summed E-state index contributed by atoms with van der Waals surface area (Å²) in [6.07, 6.45) is 32.9. The van der Waals surface area contributed by atoms with Crippen LogP contribution in [0, 0.1) is 29.1 Å². The minimum atomic E-state index is -0.286. The van der Waals surface area contributed by atoms with Crippen molar-refractivity contribution < 1.29 is 9.59 Å². The molecular formula is C38H68N2O2. The molecule has 0 spiro atoms. The van der Waals surface area contributed by atoms with Gasteiger partial charge in [0.15, 0.2) is 0 Å². The lowest BCUT2D eigenvalue weighted by Crippen LogP contribution is -2.37. The highest BCUT2D eigenvalue weighted by atomic mass is 16.1. The summed E-state index contributed by atoms with van der Waals surface area (Å²) in [5.41, 5.74) is 11.0. The van der Waals surface area contributed by atoms with Gasteiger partial charge in [0.2, 0.25) is 11.8 Å². The molecule has 242 valence electrons. The van der Waals surface area contributed by atoms with Crippen LogP contribution in [-0.4, -0.2) is 11.8 Å². The molecule has 0 heterocycles. The summed E-state index contributed by atoms with van der Waals surface area (Å²) in [5.74, 6) is 12.2. The molecule has 0 rings (SSSR count). The van der Waals surface area contributed by atoms with Crippen LogP contribution in [-0.2, 0) is 9.59 Å². The molecule has 0 unspecified atom stereocenters. The first-order chi connectivity index (χ1) is 20.5. The Morgan fingerprint density at radius 3 is 1.17 bits per heavy atom. The molecule has 0 aliphatic heterocycles. The average Bonchev–Trinajstić information content (AvgIpc) is 2.97. The standard InChI is InChI=1S/C38H68N2O2/c1-3-5-7-9-25-29-33-38(37(40)42,34-30-26-10-8-6-4-2)35-31-27-23-21-19-17-15-13-11-12-14-16-18-20-22-24-28-32-36(39)41/h3-10,14,16-35H2,1-2H3,(H2,39,41)(H2,40,42). The predicted molar refractivity (Wildman–Crippen MR) is 182 cm³/mol. The molecule has 0 saturated carbocycles. The predicted octanol–water partition coefficient (Wildman–Crippen LogP) is 10.3. The number of unbranched alkanes of at least 4 members (excludes halogenated alkanes) is 21. The first-order valence-corrected chi connectivity index (χ1v) is 18.0. The second kappa shape index (κ2) is 30.5. The largest absolute Gasteiger partial charge is 0.370 e. The summed E-state index contributed by atoms with van der Waals surface area (Å²) < 4.78 is 0. The van der Waals surface area contributed by atoms with Crippen molar-refractivity contribution in [1.82, 2.24) is 0 Å². The number of amides is 2. The maximum atomic E-state index is 12.8. The molecule has 4 N–H and O–H groups in total. The van der Waals surface area contributed by atoms with Crippen molar-refractivity contribution in [3.63, 3.8) is 0 Å². The fourth-order valence-corrected chi connectivity index (χ4v) is 5.87. The molecule has 0 saturated heterocycles. The zero-order chi connectivity index (χ0) is 31.0. The molecule has 4 nitrogen and oxygen atoms in total. The minimum absolute atomic E-state index is 0.0435. The van der Waals surface area contributed by atoms with Crippen molar-refractivity contribution in [1.29, 1.82) is 0 Å². The summed E-state index contributed by atoms with van der Waals surface area (Å²) in [6, 6.07) is 0. The van der Waals surface area contributed by atoms with E-state index >= 15 is 0 Å². The van der Waals surface area contributed by atoms with E-state index in [1.54, 1.807) is 0 Å². The summed E-state index contributed by atoms with van der Waals surface area (Å²) in [4.78, 5) is 23.5. The fraction of sp³-hybridized carbons (Fsp3) is 0.842. The van der Waals surface area contributed by atoms with Crippen LogP contribution in [0.25, 0.3) is 0 Å². The third-order valence-corrected chi connectivity index (χ3v) is 8.71. The second-order valence-electron chi connectivity index (χ2n) is 12.6.